The van der Waals surface area contributed by atoms with Crippen LogP contribution in [0.1, 0.15) is 105 Å². The Morgan fingerprint density at radius 1 is 1.00 bits per heavy atom. The quantitative estimate of drug-likeness (QED) is 0.387. The molecule has 0 heterocycles. The highest BCUT2D eigenvalue weighted by Crippen LogP contribution is 2.67. The number of rotatable bonds is 6. The maximum atomic E-state index is 12.8. The molecular weight excluding hydrogens is 362 g/mol. The maximum absolute atomic E-state index is 12.8. The summed E-state index contributed by atoms with van der Waals surface area (Å²) in [4.78, 5) is 0. The summed E-state index contributed by atoms with van der Waals surface area (Å²) in [5, 5.41) is 0. The van der Waals surface area contributed by atoms with Crippen LogP contribution in [0.5, 0.6) is 0 Å². The minimum Gasteiger partial charge on any atom is -0.210 e. The highest BCUT2D eigenvalue weighted by molar-refractivity contribution is 5.24. The molecule has 0 amide bonds. The molecule has 0 aromatic carbocycles. The van der Waals surface area contributed by atoms with E-state index in [0.29, 0.717) is 23.2 Å². The fraction of sp³-hybridized carbons (Fsp3) is 0.926. The summed E-state index contributed by atoms with van der Waals surface area (Å²) in [6, 6.07) is 0. The standard InChI is InChI=1S/C27H44F2/c1-18(8-7-9-19(2)25(28)29)22-13-14-23-21-12-11-20-10-5-6-16-26(20,3)24(21)15-17-27(22,23)4/h11,18-19,21-25H,5-10,12-17H2,1-4H3/t18-,19?,21+,22-,23+,24+,26+,27-/m1/s1. The topological polar surface area (TPSA) is 0 Å². The van der Waals surface area contributed by atoms with Crippen LogP contribution >= 0.6 is 0 Å². The molecule has 8 atom stereocenters. The van der Waals surface area contributed by atoms with Crippen LogP contribution in [0.4, 0.5) is 8.78 Å². The van der Waals surface area contributed by atoms with Gasteiger partial charge in [-0.2, -0.15) is 0 Å². The molecule has 0 aliphatic heterocycles. The first-order valence-corrected chi connectivity index (χ1v) is 12.7. The van der Waals surface area contributed by atoms with Crippen LogP contribution in [-0.4, -0.2) is 6.43 Å². The number of halogens is 2. The van der Waals surface area contributed by atoms with E-state index >= 15 is 0 Å². The molecule has 4 aliphatic carbocycles. The second-order valence-corrected chi connectivity index (χ2v) is 11.9. The number of hydrogen-bond acceptors (Lipinski definition) is 0. The second-order valence-electron chi connectivity index (χ2n) is 11.9. The Morgan fingerprint density at radius 2 is 1.79 bits per heavy atom. The van der Waals surface area contributed by atoms with E-state index in [1.54, 1.807) is 6.92 Å². The molecule has 29 heavy (non-hydrogen) atoms. The van der Waals surface area contributed by atoms with Crippen molar-refractivity contribution in [1.29, 1.82) is 0 Å². The van der Waals surface area contributed by atoms with Gasteiger partial charge in [0, 0.05) is 5.92 Å². The van der Waals surface area contributed by atoms with Gasteiger partial charge in [-0.1, -0.05) is 58.6 Å². The van der Waals surface area contributed by atoms with Crippen molar-refractivity contribution in [3.8, 4) is 0 Å². The molecule has 2 heteroatoms. The normalized spacial score (nSPS) is 43.9. The van der Waals surface area contributed by atoms with Gasteiger partial charge >= 0.3 is 0 Å². The van der Waals surface area contributed by atoms with Crippen molar-refractivity contribution in [1.82, 2.24) is 0 Å². The van der Waals surface area contributed by atoms with Crippen LogP contribution in [-0.2, 0) is 0 Å². The van der Waals surface area contributed by atoms with E-state index < -0.39 is 12.3 Å². The van der Waals surface area contributed by atoms with Gasteiger partial charge < -0.3 is 0 Å². The molecule has 0 aromatic rings. The van der Waals surface area contributed by atoms with Crippen LogP contribution in [0.15, 0.2) is 11.6 Å². The van der Waals surface area contributed by atoms with Crippen molar-refractivity contribution in [2.45, 2.75) is 111 Å². The average molecular weight is 407 g/mol. The van der Waals surface area contributed by atoms with Gasteiger partial charge in [0.2, 0.25) is 6.43 Å². The van der Waals surface area contributed by atoms with Crippen LogP contribution in [0.25, 0.3) is 0 Å². The zero-order chi connectivity index (χ0) is 20.8. The van der Waals surface area contributed by atoms with Gasteiger partial charge in [-0.15, -0.1) is 0 Å². The van der Waals surface area contributed by atoms with E-state index in [1.165, 1.54) is 57.8 Å². The highest BCUT2D eigenvalue weighted by atomic mass is 19.3. The Labute approximate surface area is 178 Å². The predicted octanol–water partition coefficient (Wildman–Crippen LogP) is 8.66. The summed E-state index contributed by atoms with van der Waals surface area (Å²) in [5.74, 6) is 3.76. The molecule has 3 saturated carbocycles. The molecule has 0 spiro atoms. The fourth-order valence-corrected chi connectivity index (χ4v) is 8.76. The number of fused-ring (bicyclic) bond motifs is 5. The third kappa shape index (κ3) is 3.73. The maximum Gasteiger partial charge on any atom is 0.241 e. The first-order valence-electron chi connectivity index (χ1n) is 12.7. The SMILES string of the molecule is CC(CCC[C@@H](C)[C@H]1CC[C@H]2[C@@H]3CC=C4CCCC[C@]4(C)[C@H]3CC[C@]12C)C(F)F. The molecule has 0 aromatic heterocycles. The van der Waals surface area contributed by atoms with E-state index in [-0.39, 0.29) is 0 Å². The summed E-state index contributed by atoms with van der Waals surface area (Å²) < 4.78 is 25.7. The first-order chi connectivity index (χ1) is 13.8. The number of hydrogen-bond donors (Lipinski definition) is 0. The van der Waals surface area contributed by atoms with Crippen molar-refractivity contribution in [2.24, 2.45) is 46.3 Å². The number of allylic oxidation sites excluding steroid dienone is 2. The summed E-state index contributed by atoms with van der Waals surface area (Å²) in [6.07, 6.45) is 15.9. The average Bonchev–Trinajstić information content (AvgIpc) is 3.04. The van der Waals surface area contributed by atoms with Crippen LogP contribution in [0, 0.1) is 46.3 Å². The molecule has 0 nitrogen and oxygen atoms in total. The third-order valence-corrected chi connectivity index (χ3v) is 10.5. The fourth-order valence-electron chi connectivity index (χ4n) is 8.76. The molecule has 0 bridgehead atoms. The molecule has 0 radical (unpaired) electrons. The van der Waals surface area contributed by atoms with Crippen LogP contribution in [0.3, 0.4) is 0 Å². The van der Waals surface area contributed by atoms with E-state index in [1.807, 2.05) is 5.57 Å². The van der Waals surface area contributed by atoms with Crippen molar-refractivity contribution in [2.75, 3.05) is 0 Å². The minimum absolute atomic E-state index is 0.441. The summed E-state index contributed by atoms with van der Waals surface area (Å²) in [6.45, 7) is 9.36. The van der Waals surface area contributed by atoms with Crippen LogP contribution < -0.4 is 0 Å². The van der Waals surface area contributed by atoms with E-state index in [9.17, 15) is 8.78 Å². The zero-order valence-corrected chi connectivity index (χ0v) is 19.4. The molecule has 1 unspecified atom stereocenters. The Morgan fingerprint density at radius 3 is 2.55 bits per heavy atom. The van der Waals surface area contributed by atoms with E-state index in [2.05, 4.69) is 26.8 Å². The predicted molar refractivity (Wildman–Crippen MR) is 118 cm³/mol. The molecule has 4 rings (SSSR count). The molecular formula is C27H44F2. The molecule has 166 valence electrons. The Kier molecular flexibility index (Phi) is 6.22. The lowest BCUT2D eigenvalue weighted by molar-refractivity contribution is -0.0501. The van der Waals surface area contributed by atoms with Gasteiger partial charge in [0.25, 0.3) is 0 Å². The molecule has 0 N–H and O–H groups in total. The van der Waals surface area contributed by atoms with Crippen molar-refractivity contribution >= 4 is 0 Å². The van der Waals surface area contributed by atoms with Crippen molar-refractivity contribution in [3.05, 3.63) is 11.6 Å². The van der Waals surface area contributed by atoms with Crippen LogP contribution in [0.2, 0.25) is 0 Å². The molecule has 4 aliphatic rings. The van der Waals surface area contributed by atoms with Gasteiger partial charge in [0.05, 0.1) is 0 Å². The van der Waals surface area contributed by atoms with Gasteiger partial charge in [-0.05, 0) is 98.2 Å². The Bertz CT molecular complexity index is 610. The minimum atomic E-state index is -2.15. The van der Waals surface area contributed by atoms with Crippen molar-refractivity contribution < 1.29 is 8.78 Å². The Balaban J connectivity index is 1.43. The first kappa shape index (κ1) is 21.8. The summed E-state index contributed by atoms with van der Waals surface area (Å²) >= 11 is 0. The largest absolute Gasteiger partial charge is 0.241 e. The van der Waals surface area contributed by atoms with Gasteiger partial charge in [0.15, 0.2) is 0 Å². The van der Waals surface area contributed by atoms with Crippen molar-refractivity contribution in [3.63, 3.8) is 0 Å². The van der Waals surface area contributed by atoms with E-state index in [0.717, 1.165) is 36.5 Å². The van der Waals surface area contributed by atoms with Gasteiger partial charge in [0.1, 0.15) is 0 Å². The third-order valence-electron chi connectivity index (χ3n) is 10.5. The summed E-state index contributed by atoms with van der Waals surface area (Å²) in [5.41, 5.74) is 2.80. The van der Waals surface area contributed by atoms with Gasteiger partial charge in [-0.25, -0.2) is 8.78 Å². The molecule has 3 fully saturated rings. The van der Waals surface area contributed by atoms with Gasteiger partial charge in [-0.3, -0.25) is 0 Å². The zero-order valence-electron chi connectivity index (χ0n) is 19.4. The lowest BCUT2D eigenvalue weighted by atomic mass is 9.47. The smallest absolute Gasteiger partial charge is 0.210 e. The monoisotopic (exact) mass is 406 g/mol. The number of alkyl halides is 2. The lowest BCUT2D eigenvalue weighted by Gasteiger charge is -2.58. The summed E-state index contributed by atoms with van der Waals surface area (Å²) in [7, 11) is 0. The van der Waals surface area contributed by atoms with E-state index in [4.69, 9.17) is 0 Å². The second kappa shape index (κ2) is 8.27. The molecule has 0 saturated heterocycles. The Hall–Kier alpha value is -0.400. The lowest BCUT2D eigenvalue weighted by Crippen LogP contribution is -2.50. The highest BCUT2D eigenvalue weighted by Gasteiger charge is 2.58.